The van der Waals surface area contributed by atoms with Gasteiger partial charge in [-0.05, 0) is 30.3 Å². The van der Waals surface area contributed by atoms with Gasteiger partial charge in [0.25, 0.3) is 5.91 Å². The van der Waals surface area contributed by atoms with Crippen molar-refractivity contribution >= 4 is 28.8 Å². The Balaban J connectivity index is 1.97. The Morgan fingerprint density at radius 1 is 1.38 bits per heavy atom. The van der Waals surface area contributed by atoms with Crippen molar-refractivity contribution in [2.45, 2.75) is 6.54 Å². The topological polar surface area (TPSA) is 75.3 Å². The average molecular weight is 321 g/mol. The molecule has 4 nitrogen and oxygen atoms in total. The number of phenolic OH excluding ortho intramolecular Hbond substituents is 1. The maximum Gasteiger partial charge on any atom is 0.251 e. The van der Waals surface area contributed by atoms with Gasteiger partial charge >= 0.3 is 0 Å². The monoisotopic (exact) mass is 320 g/mol. The highest BCUT2D eigenvalue weighted by molar-refractivity contribution is 7.12. The fraction of sp³-hybridized carbons (Fsp3) is 0.133. The zero-order chi connectivity index (χ0) is 15.2. The van der Waals surface area contributed by atoms with E-state index in [4.69, 9.17) is 17.3 Å². The third-order valence-corrected chi connectivity index (χ3v) is 3.91. The summed E-state index contributed by atoms with van der Waals surface area (Å²) in [5.74, 6) is 5.43. The summed E-state index contributed by atoms with van der Waals surface area (Å²) in [7, 11) is 0. The van der Waals surface area contributed by atoms with Gasteiger partial charge in [0, 0.05) is 10.4 Å². The summed E-state index contributed by atoms with van der Waals surface area (Å²) in [5.41, 5.74) is 5.71. The van der Waals surface area contributed by atoms with Gasteiger partial charge in [0.05, 0.1) is 23.0 Å². The van der Waals surface area contributed by atoms with Gasteiger partial charge in [0.15, 0.2) is 0 Å². The predicted molar refractivity (Wildman–Crippen MR) is 84.5 cm³/mol. The van der Waals surface area contributed by atoms with E-state index in [1.54, 1.807) is 0 Å². The molecule has 1 aromatic heterocycles. The summed E-state index contributed by atoms with van der Waals surface area (Å²) in [6, 6.07) is 8.15. The highest BCUT2D eigenvalue weighted by Crippen LogP contribution is 2.23. The number of benzene rings is 1. The lowest BCUT2D eigenvalue weighted by Crippen LogP contribution is -2.22. The van der Waals surface area contributed by atoms with E-state index in [-0.39, 0.29) is 16.7 Å². The van der Waals surface area contributed by atoms with Crippen molar-refractivity contribution in [3.8, 4) is 17.6 Å². The lowest BCUT2D eigenvalue weighted by atomic mass is 10.2. The van der Waals surface area contributed by atoms with Crippen LogP contribution in [0, 0.1) is 11.8 Å². The minimum absolute atomic E-state index is 0.0467. The van der Waals surface area contributed by atoms with Gasteiger partial charge in [-0.2, -0.15) is 0 Å². The fourth-order valence-electron chi connectivity index (χ4n) is 1.60. The van der Waals surface area contributed by atoms with Gasteiger partial charge < -0.3 is 16.2 Å². The Morgan fingerprint density at radius 2 is 2.19 bits per heavy atom. The molecule has 1 aromatic carbocycles. The first-order valence-corrected chi connectivity index (χ1v) is 7.34. The molecule has 0 spiro atoms. The zero-order valence-electron chi connectivity index (χ0n) is 11.0. The van der Waals surface area contributed by atoms with Gasteiger partial charge in [0.1, 0.15) is 5.75 Å². The zero-order valence-corrected chi connectivity index (χ0v) is 12.6. The van der Waals surface area contributed by atoms with Crippen LogP contribution < -0.4 is 11.1 Å². The molecule has 0 radical (unpaired) electrons. The van der Waals surface area contributed by atoms with Gasteiger partial charge in [-0.15, -0.1) is 11.3 Å². The van der Waals surface area contributed by atoms with Crippen LogP contribution in [-0.2, 0) is 6.54 Å². The smallest absolute Gasteiger partial charge is 0.251 e. The quantitative estimate of drug-likeness (QED) is 0.760. The number of nitrogens with one attached hydrogen (secondary N) is 1. The van der Waals surface area contributed by atoms with E-state index in [1.807, 2.05) is 12.1 Å². The largest absolute Gasteiger partial charge is 0.506 e. The summed E-state index contributed by atoms with van der Waals surface area (Å²) in [4.78, 5) is 13.9. The van der Waals surface area contributed by atoms with Crippen LogP contribution in [0.2, 0.25) is 5.02 Å². The van der Waals surface area contributed by atoms with E-state index in [0.717, 1.165) is 9.75 Å². The molecule has 2 rings (SSSR count). The van der Waals surface area contributed by atoms with Crippen LogP contribution in [0.25, 0.3) is 0 Å². The molecule has 0 aliphatic rings. The Morgan fingerprint density at radius 3 is 2.90 bits per heavy atom. The summed E-state index contributed by atoms with van der Waals surface area (Å²) in [5, 5.41) is 12.3. The van der Waals surface area contributed by atoms with Crippen molar-refractivity contribution in [1.82, 2.24) is 5.32 Å². The van der Waals surface area contributed by atoms with E-state index < -0.39 is 0 Å². The number of aromatic hydroxyl groups is 1. The summed E-state index contributed by atoms with van der Waals surface area (Å²) >= 11 is 7.28. The number of rotatable bonds is 3. The number of hydrogen-bond donors (Lipinski definition) is 3. The van der Waals surface area contributed by atoms with Crippen molar-refractivity contribution in [3.63, 3.8) is 0 Å². The maximum atomic E-state index is 12.0. The van der Waals surface area contributed by atoms with E-state index >= 15 is 0 Å². The molecule has 1 heterocycles. The Kier molecular flexibility index (Phi) is 5.23. The predicted octanol–water partition coefficient (Wildman–Crippen LogP) is 2.35. The van der Waals surface area contributed by atoms with Crippen LogP contribution in [0.1, 0.15) is 20.1 Å². The second-order valence-electron chi connectivity index (χ2n) is 4.12. The summed E-state index contributed by atoms with van der Waals surface area (Å²) < 4.78 is 0. The van der Waals surface area contributed by atoms with Gasteiger partial charge in [-0.1, -0.05) is 23.4 Å². The number of phenols is 1. The first-order chi connectivity index (χ1) is 10.1. The SMILES string of the molecule is NCC#Cc1ccc(CNC(=O)c2ccc(O)c(Cl)c2)s1. The Labute approximate surface area is 131 Å². The molecule has 0 atom stereocenters. The molecule has 0 aliphatic heterocycles. The third-order valence-electron chi connectivity index (χ3n) is 2.61. The van der Waals surface area contributed by atoms with Crippen LogP contribution in [0.3, 0.4) is 0 Å². The molecule has 0 aliphatic carbocycles. The minimum Gasteiger partial charge on any atom is -0.506 e. The molecule has 0 fully saturated rings. The van der Waals surface area contributed by atoms with Gasteiger partial charge in [-0.25, -0.2) is 0 Å². The lowest BCUT2D eigenvalue weighted by molar-refractivity contribution is 0.0951. The number of nitrogens with two attached hydrogens (primary N) is 1. The number of carbonyl (C=O) groups excluding carboxylic acids is 1. The lowest BCUT2D eigenvalue weighted by Gasteiger charge is -2.04. The van der Waals surface area contributed by atoms with Crippen molar-refractivity contribution in [1.29, 1.82) is 0 Å². The summed E-state index contributed by atoms with van der Waals surface area (Å²) in [6.45, 7) is 0.734. The molecule has 0 saturated heterocycles. The Hall–Kier alpha value is -2.00. The molecular formula is C15H13ClN2O2S. The molecule has 1 amide bonds. The van der Waals surface area contributed by atoms with Crippen LogP contribution in [-0.4, -0.2) is 17.6 Å². The maximum absolute atomic E-state index is 12.0. The molecule has 0 saturated carbocycles. The van der Waals surface area contributed by atoms with E-state index in [2.05, 4.69) is 17.2 Å². The molecule has 108 valence electrons. The molecule has 6 heteroatoms. The number of carbonyl (C=O) groups is 1. The van der Waals surface area contributed by atoms with Gasteiger partial charge in [0.2, 0.25) is 0 Å². The molecule has 21 heavy (non-hydrogen) atoms. The first-order valence-electron chi connectivity index (χ1n) is 6.14. The second kappa shape index (κ2) is 7.14. The van der Waals surface area contributed by atoms with E-state index in [0.29, 0.717) is 18.7 Å². The number of thiophene rings is 1. The normalized spacial score (nSPS) is 9.81. The van der Waals surface area contributed by atoms with Gasteiger partial charge in [-0.3, -0.25) is 4.79 Å². The molecule has 0 unspecified atom stereocenters. The van der Waals surface area contributed by atoms with Crippen molar-refractivity contribution in [2.24, 2.45) is 5.73 Å². The average Bonchev–Trinajstić information content (AvgIpc) is 2.93. The van der Waals surface area contributed by atoms with E-state index in [1.165, 1.54) is 29.5 Å². The standard InChI is InChI=1S/C15H13ClN2O2S/c16-13-8-10(3-6-14(13)19)15(20)18-9-12-5-4-11(21-12)2-1-7-17/h3-6,8,19H,7,9,17H2,(H,18,20). The van der Waals surface area contributed by atoms with Crippen molar-refractivity contribution in [2.75, 3.05) is 6.54 Å². The van der Waals surface area contributed by atoms with E-state index in [9.17, 15) is 9.90 Å². The van der Waals surface area contributed by atoms with Crippen molar-refractivity contribution < 1.29 is 9.90 Å². The highest BCUT2D eigenvalue weighted by Gasteiger charge is 2.08. The number of halogens is 1. The Bertz CT molecular complexity index is 716. The first kappa shape index (κ1) is 15.4. The molecule has 0 bridgehead atoms. The number of hydrogen-bond acceptors (Lipinski definition) is 4. The fourth-order valence-corrected chi connectivity index (χ4v) is 2.60. The molecule has 2 aromatic rings. The van der Waals surface area contributed by atoms with Crippen molar-refractivity contribution in [3.05, 3.63) is 50.7 Å². The van der Waals surface area contributed by atoms with Crippen LogP contribution in [0.5, 0.6) is 5.75 Å². The molecular weight excluding hydrogens is 308 g/mol. The number of amides is 1. The van der Waals surface area contributed by atoms with Crippen LogP contribution >= 0.6 is 22.9 Å². The minimum atomic E-state index is -0.250. The third kappa shape index (κ3) is 4.23. The summed E-state index contributed by atoms with van der Waals surface area (Å²) in [6.07, 6.45) is 0. The second-order valence-corrected chi connectivity index (χ2v) is 5.70. The van der Waals surface area contributed by atoms with Crippen LogP contribution in [0.4, 0.5) is 0 Å². The highest BCUT2D eigenvalue weighted by atomic mass is 35.5. The molecule has 4 N–H and O–H groups in total. The van der Waals surface area contributed by atoms with Crippen LogP contribution in [0.15, 0.2) is 30.3 Å².